The fraction of sp³-hybridized carbons (Fsp3) is 0.294. The van der Waals surface area contributed by atoms with E-state index in [0.717, 1.165) is 25.9 Å². The van der Waals surface area contributed by atoms with Gasteiger partial charge in [-0.2, -0.15) is 0 Å². The van der Waals surface area contributed by atoms with Crippen LogP contribution >= 0.6 is 23.2 Å². The number of carbonyl (C=O) groups is 2. The average Bonchev–Trinajstić information content (AvgIpc) is 3.12. The largest absolute Gasteiger partial charge is 0.341 e. The Bertz CT molecular complexity index is 853. The lowest BCUT2D eigenvalue weighted by Gasteiger charge is -2.16. The number of amides is 2. The van der Waals surface area contributed by atoms with Crippen molar-refractivity contribution in [1.82, 2.24) is 9.97 Å². The second-order valence-electron chi connectivity index (χ2n) is 5.89. The second-order valence-corrected chi connectivity index (χ2v) is 6.73. The number of carbonyl (C=O) groups excluding carboxylic acids is 2. The van der Waals surface area contributed by atoms with Crippen LogP contribution in [0.4, 0.5) is 17.3 Å². The number of nitrogens with zero attached hydrogens (tertiary/aromatic N) is 3. The van der Waals surface area contributed by atoms with Crippen LogP contribution in [0.15, 0.2) is 24.4 Å². The van der Waals surface area contributed by atoms with Crippen molar-refractivity contribution < 1.29 is 9.59 Å². The number of rotatable bonds is 4. The van der Waals surface area contributed by atoms with Gasteiger partial charge in [0.05, 0.1) is 22.6 Å². The Balaban J connectivity index is 1.87. The van der Waals surface area contributed by atoms with Gasteiger partial charge in [0, 0.05) is 25.0 Å². The van der Waals surface area contributed by atoms with E-state index in [4.69, 9.17) is 23.2 Å². The Hall–Kier alpha value is -2.38. The molecule has 0 radical (unpaired) electrons. The van der Waals surface area contributed by atoms with Crippen LogP contribution in [0, 0.1) is 0 Å². The lowest BCUT2D eigenvalue weighted by atomic mass is 10.2. The maximum atomic E-state index is 12.7. The molecule has 0 saturated carbocycles. The summed E-state index contributed by atoms with van der Waals surface area (Å²) in [5.74, 6) is -0.295. The van der Waals surface area contributed by atoms with Crippen LogP contribution in [0.2, 0.25) is 10.0 Å². The van der Waals surface area contributed by atoms with Crippen LogP contribution in [0.5, 0.6) is 0 Å². The van der Waals surface area contributed by atoms with Crippen molar-refractivity contribution in [2.24, 2.45) is 0 Å². The van der Waals surface area contributed by atoms with Crippen molar-refractivity contribution >= 4 is 52.3 Å². The first-order valence-electron chi connectivity index (χ1n) is 8.10. The standard InChI is InChI=1S/C17H17Cl2N5O2/c1-10(25)21-13-5-4-11(18)8-14(13)22-16(26)15-12(19)9-20-17(23-15)24-6-2-3-7-24/h4-5,8-9H,2-3,6-7H2,1H3,(H,21,25)(H,22,26). The van der Waals surface area contributed by atoms with Crippen LogP contribution in [0.25, 0.3) is 0 Å². The highest BCUT2D eigenvalue weighted by Gasteiger charge is 2.20. The van der Waals surface area contributed by atoms with Crippen LogP contribution in [0.3, 0.4) is 0 Å². The molecule has 0 atom stereocenters. The summed E-state index contributed by atoms with van der Waals surface area (Å²) >= 11 is 12.1. The van der Waals surface area contributed by atoms with Crippen molar-refractivity contribution in [2.45, 2.75) is 19.8 Å². The van der Waals surface area contributed by atoms with E-state index in [1.165, 1.54) is 13.1 Å². The predicted octanol–water partition coefficient (Wildman–Crippen LogP) is 3.59. The van der Waals surface area contributed by atoms with Gasteiger partial charge in [0.1, 0.15) is 0 Å². The van der Waals surface area contributed by atoms with Crippen LogP contribution < -0.4 is 15.5 Å². The lowest BCUT2D eigenvalue weighted by molar-refractivity contribution is -0.114. The molecule has 1 fully saturated rings. The number of halogens is 2. The molecule has 0 unspecified atom stereocenters. The lowest BCUT2D eigenvalue weighted by Crippen LogP contribution is -2.23. The average molecular weight is 394 g/mol. The molecular weight excluding hydrogens is 377 g/mol. The molecule has 136 valence electrons. The zero-order valence-electron chi connectivity index (χ0n) is 14.1. The molecule has 0 bridgehead atoms. The molecule has 7 nitrogen and oxygen atoms in total. The number of hydrogen-bond acceptors (Lipinski definition) is 5. The third-order valence-corrected chi connectivity index (χ3v) is 4.39. The van der Waals surface area contributed by atoms with Gasteiger partial charge in [-0.1, -0.05) is 23.2 Å². The summed E-state index contributed by atoms with van der Waals surface area (Å²) in [4.78, 5) is 34.6. The Morgan fingerprint density at radius 3 is 2.54 bits per heavy atom. The number of nitrogens with one attached hydrogen (secondary N) is 2. The maximum Gasteiger partial charge on any atom is 0.276 e. The smallest absolute Gasteiger partial charge is 0.276 e. The fourth-order valence-corrected chi connectivity index (χ4v) is 3.04. The summed E-state index contributed by atoms with van der Waals surface area (Å²) in [6.07, 6.45) is 3.55. The number of benzene rings is 1. The van der Waals surface area contributed by atoms with E-state index >= 15 is 0 Å². The third-order valence-electron chi connectivity index (χ3n) is 3.88. The van der Waals surface area contributed by atoms with Gasteiger partial charge in [0.2, 0.25) is 11.9 Å². The Labute approximate surface area is 160 Å². The molecule has 9 heteroatoms. The normalized spacial score (nSPS) is 13.6. The van der Waals surface area contributed by atoms with Crippen molar-refractivity contribution in [3.8, 4) is 0 Å². The molecular formula is C17H17Cl2N5O2. The molecule has 2 heterocycles. The van der Waals surface area contributed by atoms with Crippen molar-refractivity contribution in [2.75, 3.05) is 28.6 Å². The summed E-state index contributed by atoms with van der Waals surface area (Å²) in [6, 6.07) is 4.77. The summed E-state index contributed by atoms with van der Waals surface area (Å²) in [7, 11) is 0. The van der Waals surface area contributed by atoms with E-state index in [9.17, 15) is 9.59 Å². The molecule has 0 aliphatic carbocycles. The van der Waals surface area contributed by atoms with Gasteiger partial charge in [0.25, 0.3) is 5.91 Å². The van der Waals surface area contributed by atoms with Gasteiger partial charge in [-0.15, -0.1) is 0 Å². The fourth-order valence-electron chi connectivity index (χ4n) is 2.69. The van der Waals surface area contributed by atoms with Gasteiger partial charge >= 0.3 is 0 Å². The van der Waals surface area contributed by atoms with E-state index in [-0.39, 0.29) is 16.6 Å². The molecule has 1 aliphatic rings. The van der Waals surface area contributed by atoms with Crippen molar-refractivity contribution in [3.05, 3.63) is 40.1 Å². The molecule has 2 amide bonds. The first-order chi connectivity index (χ1) is 12.4. The van der Waals surface area contributed by atoms with Crippen LogP contribution in [0.1, 0.15) is 30.3 Å². The van der Waals surface area contributed by atoms with E-state index in [1.807, 2.05) is 4.90 Å². The molecule has 1 saturated heterocycles. The molecule has 2 aromatic rings. The topological polar surface area (TPSA) is 87.2 Å². The Kier molecular flexibility index (Phi) is 5.58. The zero-order valence-corrected chi connectivity index (χ0v) is 15.6. The molecule has 3 rings (SSSR count). The molecule has 1 aromatic carbocycles. The molecule has 1 aliphatic heterocycles. The summed E-state index contributed by atoms with van der Waals surface area (Å²) in [5.41, 5.74) is 0.854. The third kappa shape index (κ3) is 4.23. The van der Waals surface area contributed by atoms with Gasteiger partial charge in [-0.25, -0.2) is 9.97 Å². The Morgan fingerprint density at radius 1 is 1.12 bits per heavy atom. The second kappa shape index (κ2) is 7.88. The minimum atomic E-state index is -0.508. The molecule has 2 N–H and O–H groups in total. The minimum absolute atomic E-state index is 0.0670. The first kappa shape index (κ1) is 18.4. The minimum Gasteiger partial charge on any atom is -0.341 e. The van der Waals surface area contributed by atoms with Crippen LogP contribution in [-0.2, 0) is 4.79 Å². The monoisotopic (exact) mass is 393 g/mol. The van der Waals surface area contributed by atoms with E-state index < -0.39 is 5.91 Å². The number of aromatic nitrogens is 2. The SMILES string of the molecule is CC(=O)Nc1ccc(Cl)cc1NC(=O)c1nc(N2CCCC2)ncc1Cl. The van der Waals surface area contributed by atoms with Gasteiger partial charge in [-0.3, -0.25) is 9.59 Å². The molecule has 0 spiro atoms. The van der Waals surface area contributed by atoms with Gasteiger partial charge in [-0.05, 0) is 31.0 Å². The quantitative estimate of drug-likeness (QED) is 0.828. The van der Waals surface area contributed by atoms with E-state index in [1.54, 1.807) is 18.2 Å². The highest BCUT2D eigenvalue weighted by atomic mass is 35.5. The van der Waals surface area contributed by atoms with Crippen LogP contribution in [-0.4, -0.2) is 34.9 Å². The Morgan fingerprint density at radius 2 is 1.85 bits per heavy atom. The highest BCUT2D eigenvalue weighted by Crippen LogP contribution is 2.27. The summed E-state index contributed by atoms with van der Waals surface area (Å²) in [6.45, 7) is 3.08. The van der Waals surface area contributed by atoms with Crippen molar-refractivity contribution in [3.63, 3.8) is 0 Å². The van der Waals surface area contributed by atoms with E-state index in [2.05, 4.69) is 20.6 Å². The molecule has 1 aromatic heterocycles. The maximum absolute atomic E-state index is 12.7. The summed E-state index contributed by atoms with van der Waals surface area (Å²) < 4.78 is 0. The molecule has 26 heavy (non-hydrogen) atoms. The van der Waals surface area contributed by atoms with Gasteiger partial charge < -0.3 is 15.5 Å². The predicted molar refractivity (Wildman–Crippen MR) is 102 cm³/mol. The van der Waals surface area contributed by atoms with Gasteiger partial charge in [0.15, 0.2) is 5.69 Å². The van der Waals surface area contributed by atoms with E-state index in [0.29, 0.717) is 22.3 Å². The first-order valence-corrected chi connectivity index (χ1v) is 8.85. The highest BCUT2D eigenvalue weighted by molar-refractivity contribution is 6.34. The zero-order chi connectivity index (χ0) is 18.7. The number of anilines is 3. The van der Waals surface area contributed by atoms with Crippen molar-refractivity contribution in [1.29, 1.82) is 0 Å². The number of hydrogen-bond donors (Lipinski definition) is 2. The summed E-state index contributed by atoms with van der Waals surface area (Å²) in [5, 5.41) is 5.91.